The average Bonchev–Trinajstić information content (AvgIpc) is 2.69. The summed E-state index contributed by atoms with van der Waals surface area (Å²) >= 11 is 0. The van der Waals surface area contributed by atoms with Crippen molar-refractivity contribution in [2.24, 2.45) is 5.10 Å². The monoisotopic (exact) mass is 386 g/mol. The number of nitrogens with one attached hydrogen (secondary N) is 2. The van der Waals surface area contributed by atoms with Gasteiger partial charge in [0.15, 0.2) is 5.75 Å². The molecule has 0 aliphatic heterocycles. The Bertz CT molecular complexity index is 898. The Morgan fingerprint density at radius 3 is 2.61 bits per heavy atom. The molecule has 3 N–H and O–H groups in total. The van der Waals surface area contributed by atoms with E-state index in [2.05, 4.69) is 10.4 Å². The fourth-order valence-corrected chi connectivity index (χ4v) is 2.17. The van der Waals surface area contributed by atoms with E-state index in [1.165, 1.54) is 6.07 Å². The number of rotatable bonds is 7. The number of carbonyl (C=O) groups excluding carboxylic acids is 2. The van der Waals surface area contributed by atoms with Gasteiger partial charge in [-0.3, -0.25) is 19.7 Å². The molecule has 10 heteroatoms. The van der Waals surface area contributed by atoms with Crippen molar-refractivity contribution in [2.45, 2.75) is 13.5 Å². The molecular formula is C18H18N4O6. The van der Waals surface area contributed by atoms with Crippen molar-refractivity contribution < 1.29 is 24.4 Å². The first-order valence-corrected chi connectivity index (χ1v) is 8.21. The average molecular weight is 386 g/mol. The lowest BCUT2D eigenvalue weighted by atomic mass is 10.2. The lowest BCUT2D eigenvalue weighted by Gasteiger charge is -2.07. The molecule has 10 nitrogen and oxygen atoms in total. The van der Waals surface area contributed by atoms with Crippen molar-refractivity contribution in [3.05, 3.63) is 63.7 Å². The molecule has 2 aromatic carbocycles. The molecule has 2 amide bonds. The minimum absolute atomic E-state index is 0.0925. The molecule has 0 spiro atoms. The fourth-order valence-electron chi connectivity index (χ4n) is 2.17. The molecule has 2 aromatic rings. The van der Waals surface area contributed by atoms with Crippen LogP contribution in [0.25, 0.3) is 0 Å². The number of carbonyl (C=O) groups is 2. The molecule has 0 aliphatic rings. The summed E-state index contributed by atoms with van der Waals surface area (Å²) < 4.78 is 5.14. The van der Waals surface area contributed by atoms with Crippen LogP contribution >= 0.6 is 0 Å². The van der Waals surface area contributed by atoms with Crippen molar-refractivity contribution in [1.29, 1.82) is 0 Å². The fraction of sp³-hybridized carbons (Fsp3) is 0.167. The number of ether oxygens (including phenoxy) is 1. The smallest absolute Gasteiger partial charge is 0.329 e. The summed E-state index contributed by atoms with van der Waals surface area (Å²) in [6.07, 6.45) is 1.09. The molecule has 28 heavy (non-hydrogen) atoms. The Morgan fingerprint density at radius 2 is 1.96 bits per heavy atom. The van der Waals surface area contributed by atoms with Crippen LogP contribution in [0.3, 0.4) is 0 Å². The van der Waals surface area contributed by atoms with Gasteiger partial charge in [-0.2, -0.15) is 5.10 Å². The maximum absolute atomic E-state index is 11.7. The number of hydrogen-bond acceptors (Lipinski definition) is 7. The minimum Gasteiger partial charge on any atom is -0.500 e. The topological polar surface area (TPSA) is 143 Å². The third-order valence-electron chi connectivity index (χ3n) is 3.46. The number of phenols is 1. The summed E-state index contributed by atoms with van der Waals surface area (Å²) in [5.74, 6) is -2.57. The van der Waals surface area contributed by atoms with Crippen LogP contribution in [0.15, 0.2) is 47.6 Å². The predicted octanol–water partition coefficient (Wildman–Crippen LogP) is 1.47. The van der Waals surface area contributed by atoms with Gasteiger partial charge < -0.3 is 15.2 Å². The summed E-state index contributed by atoms with van der Waals surface area (Å²) in [5.41, 5.74) is 2.48. The Balaban J connectivity index is 2.00. The lowest BCUT2D eigenvalue weighted by molar-refractivity contribution is -0.386. The number of nitro groups is 1. The predicted molar refractivity (Wildman–Crippen MR) is 100.0 cm³/mol. The second-order valence-corrected chi connectivity index (χ2v) is 5.44. The van der Waals surface area contributed by atoms with E-state index in [0.29, 0.717) is 0 Å². The number of hydrazone groups is 1. The summed E-state index contributed by atoms with van der Waals surface area (Å²) in [6, 6.07) is 11.4. The van der Waals surface area contributed by atoms with Crippen LogP contribution in [0.5, 0.6) is 11.5 Å². The van der Waals surface area contributed by atoms with Crippen molar-refractivity contribution in [3.8, 4) is 11.5 Å². The lowest BCUT2D eigenvalue weighted by Crippen LogP contribution is -2.37. The third kappa shape index (κ3) is 5.53. The van der Waals surface area contributed by atoms with Gasteiger partial charge in [-0.05, 0) is 18.6 Å². The van der Waals surface area contributed by atoms with Gasteiger partial charge in [0.25, 0.3) is 0 Å². The number of amides is 2. The van der Waals surface area contributed by atoms with Gasteiger partial charge in [-0.25, -0.2) is 5.43 Å². The molecule has 0 saturated carbocycles. The second kappa shape index (κ2) is 9.67. The Labute approximate surface area is 160 Å². The van der Waals surface area contributed by atoms with Crippen LogP contribution in [0.4, 0.5) is 5.69 Å². The minimum atomic E-state index is -0.995. The van der Waals surface area contributed by atoms with Crippen molar-refractivity contribution in [2.75, 3.05) is 6.61 Å². The van der Waals surface area contributed by atoms with Crippen LogP contribution < -0.4 is 15.5 Å². The van der Waals surface area contributed by atoms with E-state index < -0.39 is 28.2 Å². The van der Waals surface area contributed by atoms with Crippen molar-refractivity contribution in [3.63, 3.8) is 0 Å². The number of nitro benzene ring substituents is 1. The largest absolute Gasteiger partial charge is 0.500 e. The van der Waals surface area contributed by atoms with E-state index in [9.17, 15) is 24.8 Å². The molecule has 0 radical (unpaired) electrons. The van der Waals surface area contributed by atoms with E-state index >= 15 is 0 Å². The van der Waals surface area contributed by atoms with Gasteiger partial charge in [0, 0.05) is 18.2 Å². The van der Waals surface area contributed by atoms with Gasteiger partial charge in [0.05, 0.1) is 17.7 Å². The molecule has 0 aromatic heterocycles. The molecule has 0 aliphatic carbocycles. The van der Waals surface area contributed by atoms with Crippen LogP contribution in [0, 0.1) is 10.1 Å². The third-order valence-corrected chi connectivity index (χ3v) is 3.46. The maximum atomic E-state index is 11.7. The van der Waals surface area contributed by atoms with E-state index in [4.69, 9.17) is 4.74 Å². The van der Waals surface area contributed by atoms with Gasteiger partial charge in [-0.15, -0.1) is 0 Å². The first-order chi connectivity index (χ1) is 13.4. The Kier molecular flexibility index (Phi) is 7.03. The number of benzene rings is 2. The van der Waals surface area contributed by atoms with Gasteiger partial charge >= 0.3 is 17.5 Å². The van der Waals surface area contributed by atoms with E-state index in [1.807, 2.05) is 11.5 Å². The zero-order chi connectivity index (χ0) is 20.5. The van der Waals surface area contributed by atoms with Gasteiger partial charge in [-0.1, -0.05) is 30.3 Å². The zero-order valence-electron chi connectivity index (χ0n) is 14.9. The van der Waals surface area contributed by atoms with Gasteiger partial charge in [0.1, 0.15) is 0 Å². The number of aromatic hydroxyl groups is 1. The maximum Gasteiger partial charge on any atom is 0.329 e. The molecular weight excluding hydrogens is 368 g/mol. The van der Waals surface area contributed by atoms with E-state index in [-0.39, 0.29) is 24.5 Å². The summed E-state index contributed by atoms with van der Waals surface area (Å²) in [4.78, 5) is 33.7. The molecule has 0 heterocycles. The normalized spacial score (nSPS) is 10.5. The quantitative estimate of drug-likeness (QED) is 0.284. The highest BCUT2D eigenvalue weighted by Gasteiger charge is 2.20. The molecule has 146 valence electrons. The summed E-state index contributed by atoms with van der Waals surface area (Å²) in [6.45, 7) is 2.02. The van der Waals surface area contributed by atoms with Crippen LogP contribution in [-0.4, -0.2) is 34.7 Å². The Hall–Kier alpha value is -3.95. The number of nitrogens with zero attached hydrogens (tertiary/aromatic N) is 2. The summed E-state index contributed by atoms with van der Waals surface area (Å²) in [7, 11) is 0. The molecule has 0 atom stereocenters. The first kappa shape index (κ1) is 20.4. The number of hydrogen-bond donors (Lipinski definition) is 3. The highest BCUT2D eigenvalue weighted by molar-refractivity contribution is 6.35. The van der Waals surface area contributed by atoms with E-state index in [0.717, 1.165) is 17.8 Å². The highest BCUT2D eigenvalue weighted by atomic mass is 16.6. The summed E-state index contributed by atoms with van der Waals surface area (Å²) in [5, 5.41) is 26.9. The second-order valence-electron chi connectivity index (χ2n) is 5.44. The van der Waals surface area contributed by atoms with Crippen molar-refractivity contribution >= 4 is 23.7 Å². The first-order valence-electron chi connectivity index (χ1n) is 8.21. The molecule has 0 bridgehead atoms. The standard InChI is InChI=1S/C18H18N4O6/c1-2-28-15-9-13(8-14(16(15)23)22(26)27)11-20-21-18(25)17(24)19-10-12-6-4-3-5-7-12/h3-9,11,23H,2,10H2,1H3,(H,19,24)(H,21,25)/b20-11-. The molecule has 0 fully saturated rings. The van der Waals surface area contributed by atoms with E-state index in [1.54, 1.807) is 31.2 Å². The molecule has 0 unspecified atom stereocenters. The highest BCUT2D eigenvalue weighted by Crippen LogP contribution is 2.36. The van der Waals surface area contributed by atoms with Crippen molar-refractivity contribution in [1.82, 2.24) is 10.7 Å². The van der Waals surface area contributed by atoms with Gasteiger partial charge in [0.2, 0.25) is 5.75 Å². The van der Waals surface area contributed by atoms with Crippen LogP contribution in [0.2, 0.25) is 0 Å². The van der Waals surface area contributed by atoms with Crippen LogP contribution in [-0.2, 0) is 16.1 Å². The SMILES string of the molecule is CCOc1cc(/C=N\NC(=O)C(=O)NCc2ccccc2)cc([N+](=O)[O-])c1O. The Morgan fingerprint density at radius 1 is 1.25 bits per heavy atom. The van der Waals surface area contributed by atoms with Crippen LogP contribution in [0.1, 0.15) is 18.1 Å². The number of phenolic OH excluding ortho intramolecular Hbond substituents is 1. The molecule has 0 saturated heterocycles. The molecule has 2 rings (SSSR count). The zero-order valence-corrected chi connectivity index (χ0v) is 14.9.